The highest BCUT2D eigenvalue weighted by molar-refractivity contribution is 7.87. The van der Waals surface area contributed by atoms with E-state index in [2.05, 4.69) is 23.9 Å². The van der Waals surface area contributed by atoms with Crippen LogP contribution in [-0.4, -0.2) is 44.9 Å². The third kappa shape index (κ3) is 7.70. The molecule has 0 saturated carbocycles. The van der Waals surface area contributed by atoms with Gasteiger partial charge in [0.05, 0.1) is 0 Å². The Balaban J connectivity index is 3.99. The van der Waals surface area contributed by atoms with E-state index in [9.17, 15) is 8.42 Å². The molecule has 0 radical (unpaired) electrons. The third-order valence-corrected chi connectivity index (χ3v) is 4.28. The van der Waals surface area contributed by atoms with Crippen molar-refractivity contribution in [2.45, 2.75) is 52.6 Å². The number of nitrogens with one attached hydrogen (secondary N) is 2. The molecule has 0 rings (SSSR count). The van der Waals surface area contributed by atoms with Gasteiger partial charge in [-0.15, -0.1) is 0 Å². The van der Waals surface area contributed by atoms with Crippen LogP contribution in [0.5, 0.6) is 0 Å². The van der Waals surface area contributed by atoms with E-state index >= 15 is 0 Å². The fourth-order valence-electron chi connectivity index (χ4n) is 1.24. The molecule has 6 heteroatoms. The standard InChI is InChI=1S/C11H27N3O2S/c1-6-11(4)13-17(15,16)14(5)9-7-8-12-10(2)3/h10-13H,6-9H2,1-5H3. The Bertz CT molecular complexity index is 291. The first kappa shape index (κ1) is 16.8. The van der Waals surface area contributed by atoms with Crippen LogP contribution in [0.15, 0.2) is 0 Å². The molecule has 0 heterocycles. The normalized spacial score (nSPS) is 14.5. The number of hydrogen-bond acceptors (Lipinski definition) is 3. The summed E-state index contributed by atoms with van der Waals surface area (Å²) in [6, 6.07) is 0.423. The Hall–Kier alpha value is -0.170. The molecule has 1 unspecified atom stereocenters. The summed E-state index contributed by atoms with van der Waals surface area (Å²) in [5.74, 6) is 0. The van der Waals surface area contributed by atoms with Gasteiger partial charge in [0.2, 0.25) is 0 Å². The van der Waals surface area contributed by atoms with E-state index in [-0.39, 0.29) is 6.04 Å². The first-order valence-electron chi connectivity index (χ1n) is 6.26. The lowest BCUT2D eigenvalue weighted by atomic mass is 10.3. The third-order valence-electron chi connectivity index (χ3n) is 2.58. The van der Waals surface area contributed by atoms with Crippen molar-refractivity contribution in [1.29, 1.82) is 0 Å². The molecule has 0 spiro atoms. The maximum Gasteiger partial charge on any atom is 0.279 e. The highest BCUT2D eigenvalue weighted by atomic mass is 32.2. The molecule has 0 aromatic carbocycles. The smallest absolute Gasteiger partial charge is 0.279 e. The fourth-order valence-corrected chi connectivity index (χ4v) is 2.46. The van der Waals surface area contributed by atoms with Crippen molar-refractivity contribution in [3.05, 3.63) is 0 Å². The topological polar surface area (TPSA) is 61.4 Å². The lowest BCUT2D eigenvalue weighted by Crippen LogP contribution is -2.43. The van der Waals surface area contributed by atoms with Crippen molar-refractivity contribution in [1.82, 2.24) is 14.3 Å². The molecule has 0 aromatic rings. The maximum absolute atomic E-state index is 11.8. The monoisotopic (exact) mass is 265 g/mol. The molecule has 104 valence electrons. The first-order valence-corrected chi connectivity index (χ1v) is 7.70. The van der Waals surface area contributed by atoms with Gasteiger partial charge in [0.1, 0.15) is 0 Å². The van der Waals surface area contributed by atoms with Crippen LogP contribution in [0.3, 0.4) is 0 Å². The molecule has 0 saturated heterocycles. The van der Waals surface area contributed by atoms with Crippen molar-refractivity contribution in [2.75, 3.05) is 20.1 Å². The van der Waals surface area contributed by atoms with Crippen LogP contribution in [0, 0.1) is 0 Å². The minimum absolute atomic E-state index is 0.0174. The minimum Gasteiger partial charge on any atom is -0.314 e. The van der Waals surface area contributed by atoms with Gasteiger partial charge in [-0.2, -0.15) is 17.4 Å². The van der Waals surface area contributed by atoms with Gasteiger partial charge in [-0.05, 0) is 26.3 Å². The van der Waals surface area contributed by atoms with Crippen LogP contribution in [0.2, 0.25) is 0 Å². The molecular formula is C11H27N3O2S. The van der Waals surface area contributed by atoms with Crippen LogP contribution < -0.4 is 10.0 Å². The van der Waals surface area contributed by atoms with Crippen molar-refractivity contribution in [2.24, 2.45) is 0 Å². The van der Waals surface area contributed by atoms with Gasteiger partial charge >= 0.3 is 0 Å². The predicted octanol–water partition coefficient (Wildman–Crippen LogP) is 0.939. The average molecular weight is 265 g/mol. The van der Waals surface area contributed by atoms with Crippen LogP contribution in [0.1, 0.15) is 40.5 Å². The van der Waals surface area contributed by atoms with Gasteiger partial charge in [-0.1, -0.05) is 20.8 Å². The Labute approximate surface area is 106 Å². The van der Waals surface area contributed by atoms with Gasteiger partial charge in [0, 0.05) is 25.7 Å². The highest BCUT2D eigenvalue weighted by Crippen LogP contribution is 1.99. The van der Waals surface area contributed by atoms with Crippen molar-refractivity contribution >= 4 is 10.2 Å². The second-order valence-corrected chi connectivity index (χ2v) is 6.53. The summed E-state index contributed by atoms with van der Waals surface area (Å²) >= 11 is 0. The summed E-state index contributed by atoms with van der Waals surface area (Å²) in [6.45, 7) is 9.34. The van der Waals surface area contributed by atoms with E-state index in [0.29, 0.717) is 12.6 Å². The summed E-state index contributed by atoms with van der Waals surface area (Å²) in [5.41, 5.74) is 0. The van der Waals surface area contributed by atoms with Crippen molar-refractivity contribution < 1.29 is 8.42 Å². The molecule has 0 bridgehead atoms. The molecule has 1 atom stereocenters. The summed E-state index contributed by atoms with van der Waals surface area (Å²) in [7, 11) is -1.71. The first-order chi connectivity index (χ1) is 7.79. The Kier molecular flexibility index (Phi) is 7.94. The minimum atomic E-state index is -3.32. The van der Waals surface area contributed by atoms with Crippen molar-refractivity contribution in [3.63, 3.8) is 0 Å². The number of nitrogens with zero attached hydrogens (tertiary/aromatic N) is 1. The lowest BCUT2D eigenvalue weighted by Gasteiger charge is -2.20. The SMILES string of the molecule is CCC(C)NS(=O)(=O)N(C)CCCNC(C)C. The average Bonchev–Trinajstić information content (AvgIpc) is 2.22. The van der Waals surface area contributed by atoms with Crippen LogP contribution in [0.25, 0.3) is 0 Å². The molecule has 2 N–H and O–H groups in total. The summed E-state index contributed by atoms with van der Waals surface area (Å²) in [5, 5.41) is 3.26. The molecule has 0 amide bonds. The van der Waals surface area contributed by atoms with Gasteiger partial charge in [-0.25, -0.2) is 0 Å². The zero-order chi connectivity index (χ0) is 13.5. The lowest BCUT2D eigenvalue weighted by molar-refractivity contribution is 0.431. The van der Waals surface area contributed by atoms with Crippen LogP contribution in [0.4, 0.5) is 0 Å². The van der Waals surface area contributed by atoms with Gasteiger partial charge in [0.25, 0.3) is 10.2 Å². The Morgan fingerprint density at radius 1 is 1.24 bits per heavy atom. The molecule has 0 aliphatic carbocycles. The van der Waals surface area contributed by atoms with Crippen LogP contribution >= 0.6 is 0 Å². The summed E-state index contributed by atoms with van der Waals surface area (Å²) < 4.78 is 27.7. The Morgan fingerprint density at radius 2 is 1.82 bits per heavy atom. The van der Waals surface area contributed by atoms with Gasteiger partial charge < -0.3 is 5.32 Å². The molecule has 0 aromatic heterocycles. The second-order valence-electron chi connectivity index (χ2n) is 4.72. The molecule has 17 heavy (non-hydrogen) atoms. The molecule has 0 aliphatic heterocycles. The molecular weight excluding hydrogens is 238 g/mol. The zero-order valence-electron chi connectivity index (χ0n) is 11.7. The predicted molar refractivity (Wildman–Crippen MR) is 72.2 cm³/mol. The zero-order valence-corrected chi connectivity index (χ0v) is 12.5. The highest BCUT2D eigenvalue weighted by Gasteiger charge is 2.18. The quantitative estimate of drug-likeness (QED) is 0.610. The van der Waals surface area contributed by atoms with Crippen LogP contribution in [-0.2, 0) is 10.2 Å². The molecule has 0 fully saturated rings. The fraction of sp³-hybridized carbons (Fsp3) is 1.00. The summed E-state index contributed by atoms with van der Waals surface area (Å²) in [4.78, 5) is 0. The van der Waals surface area contributed by atoms with Gasteiger partial charge in [0.15, 0.2) is 0 Å². The van der Waals surface area contributed by atoms with E-state index in [1.807, 2.05) is 13.8 Å². The van der Waals surface area contributed by atoms with E-state index < -0.39 is 10.2 Å². The van der Waals surface area contributed by atoms with E-state index in [0.717, 1.165) is 19.4 Å². The number of hydrogen-bond donors (Lipinski definition) is 2. The maximum atomic E-state index is 11.8. The molecule has 0 aliphatic rings. The molecule has 5 nitrogen and oxygen atoms in total. The number of rotatable bonds is 9. The Morgan fingerprint density at radius 3 is 2.29 bits per heavy atom. The van der Waals surface area contributed by atoms with Gasteiger partial charge in [-0.3, -0.25) is 0 Å². The largest absolute Gasteiger partial charge is 0.314 e. The van der Waals surface area contributed by atoms with Crippen molar-refractivity contribution in [3.8, 4) is 0 Å². The second kappa shape index (κ2) is 8.02. The summed E-state index contributed by atoms with van der Waals surface area (Å²) in [6.07, 6.45) is 1.61. The van der Waals surface area contributed by atoms with E-state index in [1.54, 1.807) is 7.05 Å². The van der Waals surface area contributed by atoms with E-state index in [1.165, 1.54) is 4.31 Å². The van der Waals surface area contributed by atoms with E-state index in [4.69, 9.17) is 0 Å².